The van der Waals surface area contributed by atoms with Gasteiger partial charge in [0.25, 0.3) is 15.9 Å². The number of hydrogen-bond donors (Lipinski definition) is 0. The van der Waals surface area contributed by atoms with Gasteiger partial charge in [0.2, 0.25) is 5.89 Å². The summed E-state index contributed by atoms with van der Waals surface area (Å²) in [7, 11) is 0.657. The third-order valence-electron chi connectivity index (χ3n) is 9.05. The number of hydrogen-bond acceptors (Lipinski definition) is 9. The molecule has 1 amide bonds. The van der Waals surface area contributed by atoms with Crippen LogP contribution in [-0.2, 0) is 26.9 Å². The molecule has 4 aromatic rings. The minimum atomic E-state index is -4.43. The summed E-state index contributed by atoms with van der Waals surface area (Å²) in [5.74, 6) is 0.730. The van der Waals surface area contributed by atoms with Crippen LogP contribution in [0.4, 0.5) is 5.69 Å². The average Bonchev–Trinajstić information content (AvgIpc) is 3.79. The molecule has 2 atom stereocenters. The van der Waals surface area contributed by atoms with E-state index in [4.69, 9.17) is 25.5 Å². The van der Waals surface area contributed by atoms with Gasteiger partial charge >= 0.3 is 0 Å². The lowest BCUT2D eigenvalue weighted by Crippen LogP contribution is -2.54. The van der Waals surface area contributed by atoms with Crippen molar-refractivity contribution < 1.29 is 27.1 Å². The molecule has 12 heteroatoms. The van der Waals surface area contributed by atoms with Crippen LogP contribution in [0.1, 0.15) is 55.3 Å². The fraction of sp³-hybridized carbons (Fsp3) is 0.353. The van der Waals surface area contributed by atoms with Gasteiger partial charge in [-0.05, 0) is 87.8 Å². The van der Waals surface area contributed by atoms with Crippen molar-refractivity contribution in [3.63, 3.8) is 0 Å². The fourth-order valence-corrected chi connectivity index (χ4v) is 8.18. The molecule has 0 spiro atoms. The number of anilines is 1. The second kappa shape index (κ2) is 12.4. The molecule has 242 valence electrons. The topological polar surface area (TPSA) is 105 Å². The quantitative estimate of drug-likeness (QED) is 0.202. The van der Waals surface area contributed by atoms with E-state index in [9.17, 15) is 8.42 Å². The molecule has 0 N–H and O–H groups in total. The first kappa shape index (κ1) is 32.1. The van der Waals surface area contributed by atoms with Gasteiger partial charge in [0.1, 0.15) is 17.8 Å². The molecule has 2 aliphatic rings. The lowest BCUT2D eigenvalue weighted by atomic mass is 9.80. The summed E-state index contributed by atoms with van der Waals surface area (Å²) in [6.45, 7) is 5.29. The van der Waals surface area contributed by atoms with Gasteiger partial charge < -0.3 is 13.9 Å². The number of benzene rings is 3. The van der Waals surface area contributed by atoms with Crippen molar-refractivity contribution >= 4 is 33.2 Å². The van der Waals surface area contributed by atoms with Gasteiger partial charge in [-0.15, -0.1) is 0 Å². The van der Waals surface area contributed by atoms with Crippen LogP contribution in [0, 0.1) is 0 Å². The first-order chi connectivity index (χ1) is 22.0. The number of methoxy groups -OCH3 is 2. The van der Waals surface area contributed by atoms with Crippen LogP contribution in [0.3, 0.4) is 0 Å². The molecule has 0 bridgehead atoms. The Morgan fingerprint density at radius 2 is 1.83 bits per heavy atom. The van der Waals surface area contributed by atoms with Crippen LogP contribution in [0.5, 0.6) is 11.5 Å². The molecule has 1 aromatic heterocycles. The number of sulfonamides is 1. The highest BCUT2D eigenvalue weighted by molar-refractivity contribution is 7.93. The fourth-order valence-electron chi connectivity index (χ4n) is 6.57. The third-order valence-corrected chi connectivity index (χ3v) is 11.0. The molecule has 1 unspecified atom stereocenters. The minimum absolute atomic E-state index is 0.0617. The average molecular weight is 665 g/mol. The number of halogens is 1. The van der Waals surface area contributed by atoms with E-state index in [1.807, 2.05) is 30.1 Å². The monoisotopic (exact) mass is 664 g/mol. The van der Waals surface area contributed by atoms with Gasteiger partial charge in [0.05, 0.1) is 37.0 Å². The van der Waals surface area contributed by atoms with Gasteiger partial charge in [-0.1, -0.05) is 23.7 Å². The number of aromatic nitrogens is 1. The molecule has 6 rings (SSSR count). The Kier molecular flexibility index (Phi) is 8.62. The summed E-state index contributed by atoms with van der Waals surface area (Å²) in [6.07, 6.45) is 4.47. The van der Waals surface area contributed by atoms with Crippen LogP contribution in [0.2, 0.25) is 5.02 Å². The van der Waals surface area contributed by atoms with E-state index >= 15 is 4.79 Å². The van der Waals surface area contributed by atoms with Crippen molar-refractivity contribution in [2.45, 2.75) is 55.8 Å². The molecule has 3 aromatic carbocycles. The van der Waals surface area contributed by atoms with Crippen molar-refractivity contribution in [2.75, 3.05) is 32.1 Å². The van der Waals surface area contributed by atoms with Crippen LogP contribution < -0.4 is 13.8 Å². The largest absolute Gasteiger partial charge is 0.497 e. The third kappa shape index (κ3) is 5.15. The second-order valence-corrected chi connectivity index (χ2v) is 14.1. The predicted molar refractivity (Wildman–Crippen MR) is 175 cm³/mol. The van der Waals surface area contributed by atoms with Gasteiger partial charge in [0.15, 0.2) is 5.54 Å². The summed E-state index contributed by atoms with van der Waals surface area (Å²) in [5.41, 5.74) is 0.498. The van der Waals surface area contributed by atoms with E-state index in [0.29, 0.717) is 53.0 Å². The smallest absolute Gasteiger partial charge is 0.271 e. The van der Waals surface area contributed by atoms with E-state index in [2.05, 4.69) is 23.7 Å². The van der Waals surface area contributed by atoms with Gasteiger partial charge in [-0.2, -0.15) is 0 Å². The summed E-state index contributed by atoms with van der Waals surface area (Å²) >= 11 is 6.53. The summed E-state index contributed by atoms with van der Waals surface area (Å²) in [6, 6.07) is 16.6. The molecule has 1 fully saturated rings. The number of carbonyl (C=O) groups excluding carboxylic acids is 1. The van der Waals surface area contributed by atoms with Crippen molar-refractivity contribution in [3.05, 3.63) is 101 Å². The molecular weight excluding hydrogens is 628 g/mol. The maximum absolute atomic E-state index is 15.5. The van der Waals surface area contributed by atoms with Crippen molar-refractivity contribution in [1.82, 2.24) is 14.8 Å². The van der Waals surface area contributed by atoms with Gasteiger partial charge in [0, 0.05) is 35.3 Å². The number of carbonyl (C=O) groups is 1. The maximum atomic E-state index is 15.5. The van der Waals surface area contributed by atoms with Crippen LogP contribution >= 0.6 is 11.6 Å². The molecule has 0 saturated carbocycles. The first-order valence-electron chi connectivity index (χ1n) is 15.1. The Bertz CT molecular complexity index is 1850. The zero-order valence-corrected chi connectivity index (χ0v) is 28.0. The van der Waals surface area contributed by atoms with Crippen molar-refractivity contribution in [3.8, 4) is 11.5 Å². The zero-order chi connectivity index (χ0) is 32.8. The van der Waals surface area contributed by atoms with Crippen molar-refractivity contribution in [1.29, 1.82) is 0 Å². The maximum Gasteiger partial charge on any atom is 0.271 e. The number of oxazole rings is 1. The van der Waals surface area contributed by atoms with E-state index in [1.54, 1.807) is 37.6 Å². The molecular formula is C34H37ClN4O6S. The minimum Gasteiger partial charge on any atom is -0.497 e. The SMILES string of the molecule is COc1ccc(S(=O)(=O)N2C(=O)C(c3cc(CN(C)C(C)C)ccc3OC)(N3CCC[C@H]3c3ncco3)c3ccc(Cl)cc32)cc1. The van der Waals surface area contributed by atoms with Gasteiger partial charge in [-0.3, -0.25) is 14.6 Å². The lowest BCUT2D eigenvalue weighted by molar-refractivity contribution is -0.127. The highest BCUT2D eigenvalue weighted by Crippen LogP contribution is 2.56. The Balaban J connectivity index is 1.65. The molecule has 3 heterocycles. The van der Waals surface area contributed by atoms with Gasteiger partial charge in [-0.25, -0.2) is 17.7 Å². The Labute approximate surface area is 274 Å². The highest BCUT2D eigenvalue weighted by Gasteiger charge is 2.62. The molecule has 2 aliphatic heterocycles. The number of amides is 1. The van der Waals surface area contributed by atoms with Crippen LogP contribution in [0.25, 0.3) is 0 Å². The van der Waals surface area contributed by atoms with Crippen LogP contribution in [0.15, 0.2) is 82.4 Å². The number of nitrogens with zero attached hydrogens (tertiary/aromatic N) is 4. The molecule has 46 heavy (non-hydrogen) atoms. The highest BCUT2D eigenvalue weighted by atomic mass is 35.5. The molecule has 0 aliphatic carbocycles. The zero-order valence-electron chi connectivity index (χ0n) is 26.4. The molecule has 0 radical (unpaired) electrons. The lowest BCUT2D eigenvalue weighted by Gasteiger charge is -2.41. The number of likely N-dealkylation sites (tertiary alicyclic amines) is 1. The number of fused-ring (bicyclic) bond motifs is 1. The van der Waals surface area contributed by atoms with Crippen molar-refractivity contribution in [2.24, 2.45) is 0 Å². The second-order valence-electron chi connectivity index (χ2n) is 11.9. The summed E-state index contributed by atoms with van der Waals surface area (Å²) in [5, 5.41) is 0.294. The van der Waals surface area contributed by atoms with E-state index in [-0.39, 0.29) is 16.6 Å². The molecule has 10 nitrogen and oxygen atoms in total. The summed E-state index contributed by atoms with van der Waals surface area (Å²) < 4.78 is 47.0. The standard InChI is InChI=1S/C34H37ClN4O6S/c1-22(2)37(3)21-23-8-15-31(44-5)28(19-23)34(38-17-6-7-29(38)32-36-16-18-45-32)27-14-9-24(35)20-30(27)39(33(34)40)46(41,42)26-12-10-25(43-4)11-13-26/h8-16,18-20,22,29H,6-7,17,21H2,1-5H3/t29-,34?/m0/s1. The Morgan fingerprint density at radius 3 is 2.48 bits per heavy atom. The normalized spacial score (nSPS) is 20.1. The summed E-state index contributed by atoms with van der Waals surface area (Å²) in [4.78, 5) is 24.1. The first-order valence-corrected chi connectivity index (χ1v) is 16.9. The Morgan fingerprint density at radius 1 is 1.07 bits per heavy atom. The Hall–Kier alpha value is -3.90. The van der Waals surface area contributed by atoms with E-state index in [0.717, 1.165) is 16.3 Å². The van der Waals surface area contributed by atoms with Crippen LogP contribution in [-0.4, -0.2) is 63.0 Å². The number of rotatable bonds is 10. The van der Waals surface area contributed by atoms with E-state index in [1.165, 1.54) is 31.6 Å². The predicted octanol–water partition coefficient (Wildman–Crippen LogP) is 6.00. The molecule has 1 saturated heterocycles. The number of ether oxygens (including phenoxy) is 2. The van der Waals surface area contributed by atoms with E-state index < -0.39 is 27.5 Å².